The minimum atomic E-state index is -3.64. The maximum absolute atomic E-state index is 13.6. The van der Waals surface area contributed by atoms with E-state index < -0.39 is 15.8 Å². The molecule has 1 aromatic rings. The standard InChI is InChI=1S/C15H21BrFNO2S/c1-15(2)8-6-11(7-9-15)18(3)21(19,20)12-4-5-13(16)14(17)10-12/h4-5,10-11H,6-9H2,1-3H3. The average Bonchev–Trinajstić information content (AvgIpc) is 2.41. The summed E-state index contributed by atoms with van der Waals surface area (Å²) in [5.41, 5.74) is 0.283. The molecule has 0 unspecified atom stereocenters. The molecule has 1 aromatic carbocycles. The van der Waals surface area contributed by atoms with Crippen molar-refractivity contribution in [1.82, 2.24) is 4.31 Å². The van der Waals surface area contributed by atoms with Crippen LogP contribution in [0, 0.1) is 11.2 Å². The van der Waals surface area contributed by atoms with Crippen molar-refractivity contribution in [2.45, 2.75) is 50.5 Å². The van der Waals surface area contributed by atoms with E-state index in [0.717, 1.165) is 31.7 Å². The molecule has 1 fully saturated rings. The van der Waals surface area contributed by atoms with Crippen LogP contribution in [0.4, 0.5) is 4.39 Å². The van der Waals surface area contributed by atoms with E-state index >= 15 is 0 Å². The van der Waals surface area contributed by atoms with Crippen LogP contribution in [0.2, 0.25) is 0 Å². The first kappa shape index (κ1) is 16.9. The smallest absolute Gasteiger partial charge is 0.207 e. The van der Waals surface area contributed by atoms with Crippen LogP contribution in [0.5, 0.6) is 0 Å². The molecule has 3 nitrogen and oxygen atoms in total. The quantitative estimate of drug-likeness (QED) is 0.792. The molecule has 0 N–H and O–H groups in total. The van der Waals surface area contributed by atoms with Crippen molar-refractivity contribution in [2.75, 3.05) is 7.05 Å². The highest BCUT2D eigenvalue weighted by molar-refractivity contribution is 9.10. The van der Waals surface area contributed by atoms with Gasteiger partial charge in [-0.25, -0.2) is 12.8 Å². The molecule has 0 bridgehead atoms. The molecule has 0 aliphatic heterocycles. The first-order valence-corrected chi connectivity index (χ1v) is 9.30. The van der Waals surface area contributed by atoms with Crippen LogP contribution in [0.25, 0.3) is 0 Å². The Morgan fingerprint density at radius 1 is 1.29 bits per heavy atom. The molecule has 0 spiro atoms. The molecule has 21 heavy (non-hydrogen) atoms. The predicted octanol–water partition coefficient (Wildman–Crippen LogP) is 4.18. The second-order valence-corrected chi connectivity index (χ2v) is 9.34. The van der Waals surface area contributed by atoms with Crippen LogP contribution in [0.3, 0.4) is 0 Å². The maximum Gasteiger partial charge on any atom is 0.243 e. The first-order valence-electron chi connectivity index (χ1n) is 7.07. The van der Waals surface area contributed by atoms with E-state index in [-0.39, 0.29) is 20.8 Å². The van der Waals surface area contributed by atoms with Gasteiger partial charge in [0, 0.05) is 13.1 Å². The Kier molecular flexibility index (Phi) is 4.81. The van der Waals surface area contributed by atoms with Gasteiger partial charge in [0.15, 0.2) is 0 Å². The van der Waals surface area contributed by atoms with Crippen molar-refractivity contribution in [1.29, 1.82) is 0 Å². The SMILES string of the molecule is CN(C1CCC(C)(C)CC1)S(=O)(=O)c1ccc(Br)c(F)c1. The van der Waals surface area contributed by atoms with E-state index in [4.69, 9.17) is 0 Å². The zero-order valence-corrected chi connectivity index (χ0v) is 15.0. The summed E-state index contributed by atoms with van der Waals surface area (Å²) in [6, 6.07) is 3.93. The van der Waals surface area contributed by atoms with Crippen molar-refractivity contribution in [3.63, 3.8) is 0 Å². The van der Waals surface area contributed by atoms with Crippen LogP contribution < -0.4 is 0 Å². The minimum Gasteiger partial charge on any atom is -0.207 e. The Bertz CT molecular complexity index is 621. The molecule has 0 amide bonds. The monoisotopic (exact) mass is 377 g/mol. The van der Waals surface area contributed by atoms with Gasteiger partial charge in [0.05, 0.1) is 9.37 Å². The molecule has 0 atom stereocenters. The number of benzene rings is 1. The highest BCUT2D eigenvalue weighted by Gasteiger charge is 2.34. The fourth-order valence-electron chi connectivity index (χ4n) is 2.75. The van der Waals surface area contributed by atoms with Crippen molar-refractivity contribution < 1.29 is 12.8 Å². The van der Waals surface area contributed by atoms with Gasteiger partial charge in [-0.1, -0.05) is 13.8 Å². The second kappa shape index (κ2) is 5.97. The van der Waals surface area contributed by atoms with E-state index in [1.807, 2.05) is 0 Å². The number of hydrogen-bond acceptors (Lipinski definition) is 2. The fourth-order valence-corrected chi connectivity index (χ4v) is 4.42. The summed E-state index contributed by atoms with van der Waals surface area (Å²) in [5.74, 6) is -0.561. The molecule has 0 radical (unpaired) electrons. The van der Waals surface area contributed by atoms with E-state index in [1.165, 1.54) is 16.4 Å². The van der Waals surface area contributed by atoms with Gasteiger partial charge in [0.25, 0.3) is 0 Å². The van der Waals surface area contributed by atoms with Crippen molar-refractivity contribution in [3.8, 4) is 0 Å². The van der Waals surface area contributed by atoms with Crippen LogP contribution in [0.1, 0.15) is 39.5 Å². The molecular formula is C15H21BrFNO2S. The topological polar surface area (TPSA) is 37.4 Å². The van der Waals surface area contributed by atoms with Crippen molar-refractivity contribution >= 4 is 26.0 Å². The van der Waals surface area contributed by atoms with Crippen LogP contribution in [-0.2, 0) is 10.0 Å². The van der Waals surface area contributed by atoms with Gasteiger partial charge in [-0.2, -0.15) is 4.31 Å². The lowest BCUT2D eigenvalue weighted by molar-refractivity contribution is 0.174. The molecule has 1 aliphatic rings. The molecular weight excluding hydrogens is 357 g/mol. The first-order chi connectivity index (χ1) is 9.63. The molecule has 1 aliphatic carbocycles. The van der Waals surface area contributed by atoms with E-state index in [2.05, 4.69) is 29.8 Å². The minimum absolute atomic E-state index is 0.00488. The maximum atomic E-state index is 13.6. The number of sulfonamides is 1. The summed E-state index contributed by atoms with van der Waals surface area (Å²) < 4.78 is 40.5. The second-order valence-electron chi connectivity index (χ2n) is 6.49. The van der Waals surface area contributed by atoms with Gasteiger partial charge in [-0.15, -0.1) is 0 Å². The number of hydrogen-bond donors (Lipinski definition) is 0. The van der Waals surface area contributed by atoms with Crippen LogP contribution in [0.15, 0.2) is 27.6 Å². The van der Waals surface area contributed by atoms with Gasteiger partial charge in [-0.05, 0) is 65.2 Å². The Hall–Kier alpha value is -0.460. The summed E-state index contributed by atoms with van der Waals surface area (Å²) in [6.45, 7) is 4.42. The van der Waals surface area contributed by atoms with Gasteiger partial charge >= 0.3 is 0 Å². The van der Waals surface area contributed by atoms with Crippen molar-refractivity contribution in [3.05, 3.63) is 28.5 Å². The Morgan fingerprint density at radius 3 is 2.38 bits per heavy atom. The van der Waals surface area contributed by atoms with E-state index in [0.29, 0.717) is 0 Å². The normalized spacial score (nSPS) is 19.9. The summed E-state index contributed by atoms with van der Waals surface area (Å²) in [6.07, 6.45) is 3.71. The van der Waals surface area contributed by atoms with E-state index in [9.17, 15) is 12.8 Å². The lowest BCUT2D eigenvalue weighted by atomic mass is 9.76. The Balaban J connectivity index is 2.21. The zero-order chi connectivity index (χ0) is 15.8. The molecule has 118 valence electrons. The van der Waals surface area contributed by atoms with Crippen LogP contribution in [-0.4, -0.2) is 25.8 Å². The summed E-state index contributed by atoms with van der Waals surface area (Å²) in [5, 5.41) is 0. The molecule has 0 heterocycles. The molecule has 0 aromatic heterocycles. The third kappa shape index (κ3) is 3.66. The molecule has 6 heteroatoms. The summed E-state index contributed by atoms with van der Waals surface area (Å²) >= 11 is 3.04. The Labute approximate surface area is 134 Å². The zero-order valence-electron chi connectivity index (χ0n) is 12.6. The third-order valence-electron chi connectivity index (χ3n) is 4.39. The molecule has 0 saturated heterocycles. The van der Waals surface area contributed by atoms with E-state index in [1.54, 1.807) is 7.05 Å². The summed E-state index contributed by atoms with van der Waals surface area (Å²) in [4.78, 5) is 0.00975. The largest absolute Gasteiger partial charge is 0.243 e. The lowest BCUT2D eigenvalue weighted by Crippen LogP contribution is -2.40. The summed E-state index contributed by atoms with van der Waals surface area (Å²) in [7, 11) is -2.05. The highest BCUT2D eigenvalue weighted by Crippen LogP contribution is 2.37. The number of nitrogens with zero attached hydrogens (tertiary/aromatic N) is 1. The van der Waals surface area contributed by atoms with Gasteiger partial charge in [-0.3, -0.25) is 0 Å². The highest BCUT2D eigenvalue weighted by atomic mass is 79.9. The van der Waals surface area contributed by atoms with Gasteiger partial charge in [0.2, 0.25) is 10.0 Å². The Morgan fingerprint density at radius 2 is 1.86 bits per heavy atom. The van der Waals surface area contributed by atoms with Gasteiger partial charge < -0.3 is 0 Å². The lowest BCUT2D eigenvalue weighted by Gasteiger charge is -2.38. The fraction of sp³-hybridized carbons (Fsp3) is 0.600. The molecule has 2 rings (SSSR count). The average molecular weight is 378 g/mol. The van der Waals surface area contributed by atoms with Crippen LogP contribution >= 0.6 is 15.9 Å². The number of rotatable bonds is 3. The van der Waals surface area contributed by atoms with Crippen molar-refractivity contribution in [2.24, 2.45) is 5.41 Å². The number of halogens is 2. The predicted molar refractivity (Wildman–Crippen MR) is 85.1 cm³/mol. The van der Waals surface area contributed by atoms with Gasteiger partial charge in [0.1, 0.15) is 5.82 Å². The third-order valence-corrected chi connectivity index (χ3v) is 6.94. The molecule has 1 saturated carbocycles.